The molecule has 0 unspecified atom stereocenters. The maximum atomic E-state index is 12.2. The zero-order valence-corrected chi connectivity index (χ0v) is 14.1. The van der Waals surface area contributed by atoms with Gasteiger partial charge in [0.2, 0.25) is 0 Å². The fraction of sp³-hybridized carbons (Fsp3) is 0. The summed E-state index contributed by atoms with van der Waals surface area (Å²) in [6, 6.07) is 18.7. The molecule has 0 spiro atoms. The van der Waals surface area contributed by atoms with Gasteiger partial charge in [0.25, 0.3) is 5.91 Å². The van der Waals surface area contributed by atoms with Crippen molar-refractivity contribution in [2.45, 2.75) is 0 Å². The molecule has 0 fully saturated rings. The number of hydrogen-bond donors (Lipinski definition) is 2. The van der Waals surface area contributed by atoms with Crippen molar-refractivity contribution in [1.82, 2.24) is 4.98 Å². The molecule has 0 saturated heterocycles. The Morgan fingerprint density at radius 1 is 0.926 bits per heavy atom. The Hall–Kier alpha value is -3.86. The molecule has 130 valence electrons. The number of aromatic nitrogens is 1. The van der Waals surface area contributed by atoms with E-state index in [0.29, 0.717) is 27.3 Å². The van der Waals surface area contributed by atoms with Gasteiger partial charge >= 0.3 is 0 Å². The van der Waals surface area contributed by atoms with Gasteiger partial charge in [0.1, 0.15) is 10.8 Å². The Labute approximate surface area is 152 Å². The molecule has 0 radical (unpaired) electrons. The highest BCUT2D eigenvalue weighted by Crippen LogP contribution is 2.27. The topological polar surface area (TPSA) is 78.6 Å². The lowest BCUT2D eigenvalue weighted by molar-refractivity contribution is -0.112. The van der Waals surface area contributed by atoms with Crippen LogP contribution in [0.5, 0.6) is 5.88 Å². The Kier molecular flexibility index (Phi) is 3.33. The molecule has 0 aliphatic carbocycles. The molecule has 5 rings (SSSR count). The quantitative estimate of drug-likeness (QED) is 0.566. The van der Waals surface area contributed by atoms with Gasteiger partial charge < -0.3 is 14.5 Å². The van der Waals surface area contributed by atoms with Crippen LogP contribution >= 0.6 is 0 Å². The second-order valence-corrected chi connectivity index (χ2v) is 6.31. The van der Waals surface area contributed by atoms with E-state index >= 15 is 0 Å². The molecular weight excluding hydrogens is 340 g/mol. The van der Waals surface area contributed by atoms with Crippen molar-refractivity contribution in [3.8, 4) is 5.88 Å². The van der Waals surface area contributed by atoms with E-state index in [4.69, 9.17) is 4.42 Å². The summed E-state index contributed by atoms with van der Waals surface area (Å²) >= 11 is 0. The molecule has 2 N–H and O–H groups in total. The molecule has 3 heterocycles. The maximum absolute atomic E-state index is 12.2. The number of rotatable bonds is 2. The number of aromatic hydroxyl groups is 1. The smallest absolute Gasteiger partial charge is 0.278 e. The van der Waals surface area contributed by atoms with Crippen LogP contribution in [-0.2, 0) is 4.79 Å². The van der Waals surface area contributed by atoms with Crippen LogP contribution in [0.25, 0.3) is 28.6 Å². The third kappa shape index (κ3) is 2.57. The van der Waals surface area contributed by atoms with Gasteiger partial charge in [0, 0.05) is 21.7 Å². The highest BCUT2D eigenvalue weighted by molar-refractivity contribution is 6.24. The fourth-order valence-electron chi connectivity index (χ4n) is 3.33. The van der Waals surface area contributed by atoms with Gasteiger partial charge in [-0.1, -0.05) is 36.4 Å². The van der Waals surface area contributed by atoms with E-state index in [2.05, 4.69) is 9.98 Å². The number of carbonyl (C=O) groups excluding carboxylic acids is 1. The Balaban J connectivity index is 1.65. The minimum absolute atomic E-state index is 0.0891. The second kappa shape index (κ2) is 5.85. The molecule has 1 amide bonds. The van der Waals surface area contributed by atoms with Gasteiger partial charge in [-0.25, -0.2) is 4.99 Å². The summed E-state index contributed by atoms with van der Waals surface area (Å²) in [4.78, 5) is 19.2. The number of fused-ring (bicyclic) bond motifs is 2. The number of benzene rings is 2. The van der Waals surface area contributed by atoms with Crippen molar-refractivity contribution >= 4 is 34.5 Å². The molecule has 0 bridgehead atoms. The van der Waals surface area contributed by atoms with E-state index in [0.717, 1.165) is 16.1 Å². The van der Waals surface area contributed by atoms with Crippen LogP contribution in [0.4, 0.5) is 0 Å². The van der Waals surface area contributed by atoms with Crippen LogP contribution in [0.15, 0.2) is 70.1 Å². The molecule has 5 heteroatoms. The number of hydrogen-bond acceptors (Lipinski definition) is 3. The van der Waals surface area contributed by atoms with Gasteiger partial charge in [-0.2, -0.15) is 0 Å². The Morgan fingerprint density at radius 3 is 2.56 bits per heavy atom. The molecule has 1 aliphatic heterocycles. The van der Waals surface area contributed by atoms with Gasteiger partial charge in [0.05, 0.1) is 10.9 Å². The average molecular weight is 354 g/mol. The van der Waals surface area contributed by atoms with E-state index in [9.17, 15) is 9.90 Å². The second-order valence-electron chi connectivity index (χ2n) is 6.31. The van der Waals surface area contributed by atoms with E-state index in [-0.39, 0.29) is 11.8 Å². The average Bonchev–Trinajstić information content (AvgIpc) is 3.33. The first-order chi connectivity index (χ1) is 13.2. The van der Waals surface area contributed by atoms with Gasteiger partial charge in [-0.3, -0.25) is 4.79 Å². The van der Waals surface area contributed by atoms with Crippen LogP contribution in [-0.4, -0.2) is 16.0 Å². The first-order valence-electron chi connectivity index (χ1n) is 8.50. The van der Waals surface area contributed by atoms with Gasteiger partial charge in [-0.15, -0.1) is 0 Å². The first kappa shape index (κ1) is 15.4. The summed E-state index contributed by atoms with van der Waals surface area (Å²) in [5, 5.41) is 12.6. The molecule has 2 aromatic heterocycles. The Morgan fingerprint density at radius 2 is 1.67 bits per heavy atom. The predicted molar refractivity (Wildman–Crippen MR) is 102 cm³/mol. The zero-order valence-electron chi connectivity index (χ0n) is 14.1. The van der Waals surface area contributed by atoms with Crippen molar-refractivity contribution in [2.24, 2.45) is 4.99 Å². The van der Waals surface area contributed by atoms with Crippen LogP contribution in [0.2, 0.25) is 0 Å². The van der Waals surface area contributed by atoms with Crippen molar-refractivity contribution in [1.29, 1.82) is 0 Å². The van der Waals surface area contributed by atoms with Crippen LogP contribution in [0.1, 0.15) is 5.56 Å². The van der Waals surface area contributed by atoms with Crippen molar-refractivity contribution in [2.75, 3.05) is 0 Å². The normalized spacial score (nSPS) is 14.8. The SMILES string of the molecule is O=C1N=c2ccccc2=C1/C=c1/cc/c(=C\c2c(O)[nH]c3ccccc23)o1. The molecule has 27 heavy (non-hydrogen) atoms. The molecule has 0 saturated carbocycles. The number of nitrogens with one attached hydrogen (secondary N) is 1. The zero-order chi connectivity index (χ0) is 18.4. The van der Waals surface area contributed by atoms with Gasteiger partial charge in [0.15, 0.2) is 5.88 Å². The third-order valence-corrected chi connectivity index (χ3v) is 4.59. The summed E-state index contributed by atoms with van der Waals surface area (Å²) in [6.07, 6.45) is 3.47. The number of nitrogens with zero attached hydrogens (tertiary/aromatic N) is 1. The van der Waals surface area contributed by atoms with E-state index in [1.165, 1.54) is 0 Å². The molecule has 4 aromatic rings. The van der Waals surface area contributed by atoms with Crippen LogP contribution in [0.3, 0.4) is 0 Å². The number of carbonyl (C=O) groups is 1. The van der Waals surface area contributed by atoms with Crippen LogP contribution in [0, 0.1) is 0 Å². The lowest BCUT2D eigenvalue weighted by atomic mass is 10.1. The minimum Gasteiger partial charge on any atom is -0.494 e. The number of furan rings is 1. The number of para-hydroxylation sites is 2. The number of aromatic amines is 1. The number of amides is 1. The lowest BCUT2D eigenvalue weighted by Gasteiger charge is -1.90. The molecule has 1 aliphatic rings. The van der Waals surface area contributed by atoms with E-state index in [1.54, 1.807) is 24.3 Å². The number of H-pyrrole nitrogens is 1. The fourth-order valence-corrected chi connectivity index (χ4v) is 3.33. The maximum Gasteiger partial charge on any atom is 0.278 e. The lowest BCUT2D eigenvalue weighted by Crippen LogP contribution is -2.22. The highest BCUT2D eigenvalue weighted by Gasteiger charge is 2.13. The first-order valence-corrected chi connectivity index (χ1v) is 8.50. The molecule has 5 nitrogen and oxygen atoms in total. The van der Waals surface area contributed by atoms with Gasteiger partial charge in [-0.05, 0) is 36.4 Å². The monoisotopic (exact) mass is 354 g/mol. The summed E-state index contributed by atoms with van der Waals surface area (Å²) < 4.78 is 5.84. The molecular formula is C22H14N2O3. The Bertz CT molecular complexity index is 1460. The van der Waals surface area contributed by atoms with Crippen molar-refractivity contribution in [3.63, 3.8) is 0 Å². The minimum atomic E-state index is -0.271. The summed E-state index contributed by atoms with van der Waals surface area (Å²) in [5.41, 5.74) is 3.16. The van der Waals surface area contributed by atoms with E-state index < -0.39 is 0 Å². The van der Waals surface area contributed by atoms with E-state index in [1.807, 2.05) is 48.5 Å². The van der Waals surface area contributed by atoms with Crippen molar-refractivity contribution < 1.29 is 14.3 Å². The van der Waals surface area contributed by atoms with Crippen LogP contribution < -0.4 is 21.4 Å². The van der Waals surface area contributed by atoms with Crippen molar-refractivity contribution in [3.05, 3.63) is 87.6 Å². The largest absolute Gasteiger partial charge is 0.494 e. The predicted octanol–water partition coefficient (Wildman–Crippen LogP) is 1.09. The highest BCUT2D eigenvalue weighted by atomic mass is 16.3. The molecule has 0 atom stereocenters. The molecule has 2 aromatic carbocycles. The standard InChI is InChI=1S/C22H14N2O3/c25-21-17(15-5-1-3-7-19(15)23-21)11-13-9-10-14(27-13)12-18-16-6-2-4-8-20(16)24-22(18)26/h1-12,23,25H/b13-11+,14-12-. The third-order valence-electron chi connectivity index (χ3n) is 4.59. The summed E-state index contributed by atoms with van der Waals surface area (Å²) in [6.45, 7) is 0. The summed E-state index contributed by atoms with van der Waals surface area (Å²) in [7, 11) is 0. The summed E-state index contributed by atoms with van der Waals surface area (Å²) in [5.74, 6) is -0.182.